The number of nitrogens with zero attached hydrogens (tertiary/aromatic N) is 2. The molecule has 2 aromatic heterocycles. The van der Waals surface area contributed by atoms with Gasteiger partial charge in [0.1, 0.15) is 4.83 Å². The molecule has 0 radical (unpaired) electrons. The van der Waals surface area contributed by atoms with Gasteiger partial charge in [-0.05, 0) is 38.7 Å². The number of hydrogen-bond acceptors (Lipinski definition) is 6. The fourth-order valence-corrected chi connectivity index (χ4v) is 5.14. The highest BCUT2D eigenvalue weighted by molar-refractivity contribution is 8.00. The Bertz CT molecular complexity index is 853. The van der Waals surface area contributed by atoms with Gasteiger partial charge in [0.2, 0.25) is 5.91 Å². The molecular formula is C17H23N3O3S2. The summed E-state index contributed by atoms with van der Waals surface area (Å²) in [5.74, 6) is -0.417. The summed E-state index contributed by atoms with van der Waals surface area (Å²) in [6, 6.07) is 0. The predicted molar refractivity (Wildman–Crippen MR) is 101 cm³/mol. The standard InChI is InChI=1S/C17H23N3O3S2/c1-4-12-9(2)24-15-13(12)16(22)20(8-11-6-5-7-23-11)17(19-15)25-10(3)14(18)21/h10-11H,4-8H2,1-3H3,(H2,18,21)/t10-,11+/m0/s1. The van der Waals surface area contributed by atoms with Gasteiger partial charge in [0, 0.05) is 11.5 Å². The number of nitrogens with two attached hydrogens (primary N) is 1. The van der Waals surface area contributed by atoms with Crippen LogP contribution in [0.1, 0.15) is 37.1 Å². The summed E-state index contributed by atoms with van der Waals surface area (Å²) < 4.78 is 7.38. The first-order valence-corrected chi connectivity index (χ1v) is 10.2. The maximum atomic E-state index is 13.2. The van der Waals surface area contributed by atoms with Crippen molar-refractivity contribution in [3.63, 3.8) is 0 Å². The zero-order chi connectivity index (χ0) is 18.1. The van der Waals surface area contributed by atoms with Gasteiger partial charge in [0.15, 0.2) is 5.16 Å². The van der Waals surface area contributed by atoms with E-state index in [0.29, 0.717) is 17.1 Å². The molecule has 136 valence electrons. The average molecular weight is 382 g/mol. The molecule has 2 N–H and O–H groups in total. The first-order valence-electron chi connectivity index (χ1n) is 8.52. The topological polar surface area (TPSA) is 87.2 Å². The first kappa shape index (κ1) is 18.4. The number of amides is 1. The summed E-state index contributed by atoms with van der Waals surface area (Å²) in [5, 5.41) is 0.800. The van der Waals surface area contributed by atoms with Crippen molar-refractivity contribution in [1.82, 2.24) is 9.55 Å². The number of rotatable bonds is 6. The maximum absolute atomic E-state index is 13.2. The minimum atomic E-state index is -0.452. The second-order valence-electron chi connectivity index (χ2n) is 6.28. The molecule has 1 amide bonds. The molecule has 1 aliphatic heterocycles. The van der Waals surface area contributed by atoms with Crippen molar-refractivity contribution in [3.05, 3.63) is 20.8 Å². The number of thioether (sulfide) groups is 1. The van der Waals surface area contributed by atoms with Crippen LogP contribution in [-0.4, -0.2) is 33.4 Å². The second kappa shape index (κ2) is 7.47. The van der Waals surface area contributed by atoms with Gasteiger partial charge in [0.05, 0.1) is 23.3 Å². The number of carbonyl (C=O) groups is 1. The van der Waals surface area contributed by atoms with E-state index in [1.54, 1.807) is 11.5 Å². The van der Waals surface area contributed by atoms with E-state index in [2.05, 4.69) is 6.92 Å². The van der Waals surface area contributed by atoms with Crippen LogP contribution in [0, 0.1) is 6.92 Å². The van der Waals surface area contributed by atoms with E-state index in [0.717, 1.165) is 41.1 Å². The minimum Gasteiger partial charge on any atom is -0.376 e. The Morgan fingerprint density at radius 1 is 1.56 bits per heavy atom. The molecule has 2 atom stereocenters. The third-order valence-electron chi connectivity index (χ3n) is 4.52. The molecule has 8 heteroatoms. The van der Waals surface area contributed by atoms with Crippen LogP contribution in [0.2, 0.25) is 0 Å². The lowest BCUT2D eigenvalue weighted by molar-refractivity contribution is -0.117. The molecule has 3 rings (SSSR count). The van der Waals surface area contributed by atoms with Crippen LogP contribution in [0.3, 0.4) is 0 Å². The highest BCUT2D eigenvalue weighted by Gasteiger charge is 2.24. The number of ether oxygens (including phenoxy) is 1. The van der Waals surface area contributed by atoms with Gasteiger partial charge in [-0.25, -0.2) is 4.98 Å². The van der Waals surface area contributed by atoms with Gasteiger partial charge in [-0.1, -0.05) is 18.7 Å². The molecule has 1 fully saturated rings. The molecule has 0 spiro atoms. The number of thiophene rings is 1. The smallest absolute Gasteiger partial charge is 0.263 e. The molecule has 2 aromatic rings. The summed E-state index contributed by atoms with van der Waals surface area (Å²) in [6.45, 7) is 7.00. The van der Waals surface area contributed by atoms with E-state index in [1.807, 2.05) is 6.92 Å². The van der Waals surface area contributed by atoms with Crippen molar-refractivity contribution in [3.8, 4) is 0 Å². The van der Waals surface area contributed by atoms with Gasteiger partial charge >= 0.3 is 0 Å². The summed E-state index contributed by atoms with van der Waals surface area (Å²) in [7, 11) is 0. The molecule has 0 aliphatic carbocycles. The lowest BCUT2D eigenvalue weighted by Gasteiger charge is -2.17. The quantitative estimate of drug-likeness (QED) is 0.613. The summed E-state index contributed by atoms with van der Waals surface area (Å²) in [5.41, 5.74) is 6.43. The molecule has 0 bridgehead atoms. The average Bonchev–Trinajstić information content (AvgIpc) is 3.17. The van der Waals surface area contributed by atoms with E-state index < -0.39 is 11.2 Å². The third kappa shape index (κ3) is 3.61. The Balaban J connectivity index is 2.13. The van der Waals surface area contributed by atoms with Crippen molar-refractivity contribution in [1.29, 1.82) is 0 Å². The Morgan fingerprint density at radius 3 is 2.92 bits per heavy atom. The molecule has 1 aliphatic rings. The molecule has 0 aromatic carbocycles. The highest BCUT2D eigenvalue weighted by atomic mass is 32.2. The van der Waals surface area contributed by atoms with E-state index in [-0.39, 0.29) is 11.7 Å². The lowest BCUT2D eigenvalue weighted by atomic mass is 10.1. The first-order chi connectivity index (χ1) is 11.9. The molecule has 0 unspecified atom stereocenters. The van der Waals surface area contributed by atoms with Gasteiger partial charge in [-0.2, -0.15) is 0 Å². The van der Waals surface area contributed by atoms with E-state index in [1.165, 1.54) is 23.1 Å². The number of fused-ring (bicyclic) bond motifs is 1. The van der Waals surface area contributed by atoms with Crippen molar-refractivity contribution < 1.29 is 9.53 Å². The Kier molecular flexibility index (Phi) is 5.50. The summed E-state index contributed by atoms with van der Waals surface area (Å²) in [4.78, 5) is 31.3. The third-order valence-corrected chi connectivity index (χ3v) is 6.67. The fourth-order valence-electron chi connectivity index (χ4n) is 3.12. The Morgan fingerprint density at radius 2 is 2.32 bits per heavy atom. The van der Waals surface area contributed by atoms with Crippen molar-refractivity contribution in [2.75, 3.05) is 6.61 Å². The van der Waals surface area contributed by atoms with Gasteiger partial charge < -0.3 is 10.5 Å². The van der Waals surface area contributed by atoms with Gasteiger partial charge in [-0.15, -0.1) is 11.3 Å². The number of primary amides is 1. The van der Waals surface area contributed by atoms with Crippen LogP contribution in [0.5, 0.6) is 0 Å². The molecule has 1 saturated heterocycles. The fraction of sp³-hybridized carbons (Fsp3) is 0.588. The minimum absolute atomic E-state index is 0.0185. The van der Waals surface area contributed by atoms with E-state index in [9.17, 15) is 9.59 Å². The van der Waals surface area contributed by atoms with Crippen molar-refractivity contribution in [2.24, 2.45) is 5.73 Å². The van der Waals surface area contributed by atoms with Crippen LogP contribution in [0.15, 0.2) is 9.95 Å². The number of hydrogen-bond donors (Lipinski definition) is 1. The van der Waals surface area contributed by atoms with Gasteiger partial charge in [0.25, 0.3) is 5.56 Å². The van der Waals surface area contributed by atoms with Crippen LogP contribution in [0.4, 0.5) is 0 Å². The van der Waals surface area contributed by atoms with Crippen molar-refractivity contribution in [2.45, 2.75) is 63.1 Å². The van der Waals surface area contributed by atoms with Crippen LogP contribution in [-0.2, 0) is 22.5 Å². The molecule has 0 saturated carbocycles. The largest absolute Gasteiger partial charge is 0.376 e. The monoisotopic (exact) mass is 381 g/mol. The summed E-state index contributed by atoms with van der Waals surface area (Å²) >= 11 is 2.78. The summed E-state index contributed by atoms with van der Waals surface area (Å²) in [6.07, 6.45) is 2.76. The molecule has 25 heavy (non-hydrogen) atoms. The van der Waals surface area contributed by atoms with Crippen LogP contribution >= 0.6 is 23.1 Å². The van der Waals surface area contributed by atoms with Crippen LogP contribution < -0.4 is 11.3 Å². The second-order valence-corrected chi connectivity index (χ2v) is 8.79. The lowest BCUT2D eigenvalue weighted by Crippen LogP contribution is -2.30. The van der Waals surface area contributed by atoms with E-state index >= 15 is 0 Å². The van der Waals surface area contributed by atoms with Gasteiger partial charge in [-0.3, -0.25) is 14.2 Å². The molecule has 6 nitrogen and oxygen atoms in total. The zero-order valence-electron chi connectivity index (χ0n) is 14.7. The normalized spacial score (nSPS) is 18.8. The predicted octanol–water partition coefficient (Wildman–Crippen LogP) is 2.47. The number of carbonyl (C=O) groups excluding carboxylic acids is 1. The SMILES string of the molecule is CCc1c(C)sc2nc(S[C@@H](C)C(N)=O)n(C[C@H]3CCCO3)c(=O)c12. The zero-order valence-corrected chi connectivity index (χ0v) is 16.3. The van der Waals surface area contributed by atoms with Crippen LogP contribution in [0.25, 0.3) is 10.2 Å². The number of aryl methyl sites for hydroxylation is 2. The molecular weight excluding hydrogens is 358 g/mol. The Hall–Kier alpha value is -1.38. The maximum Gasteiger partial charge on any atom is 0.263 e. The number of aromatic nitrogens is 2. The van der Waals surface area contributed by atoms with Crippen molar-refractivity contribution >= 4 is 39.2 Å². The van der Waals surface area contributed by atoms with E-state index in [4.69, 9.17) is 15.5 Å². The Labute approximate surface area is 154 Å². The molecule has 3 heterocycles. The highest BCUT2D eigenvalue weighted by Crippen LogP contribution is 2.31.